The third-order valence-electron chi connectivity index (χ3n) is 3.91. The normalized spacial score (nSPS) is 11.5. The van der Waals surface area contributed by atoms with Gasteiger partial charge in [-0.2, -0.15) is 0 Å². The molecule has 0 aliphatic rings. The highest BCUT2D eigenvalue weighted by molar-refractivity contribution is 5.98. The number of Topliss-reactive ketones (excluding diaryl/α,β-unsaturated/α-hetero) is 1. The second-order valence-corrected chi connectivity index (χ2v) is 5.95. The maximum Gasteiger partial charge on any atom is 0.333 e. The van der Waals surface area contributed by atoms with E-state index >= 15 is 0 Å². The molecule has 0 bridgehead atoms. The molecule has 0 aliphatic carbocycles. The van der Waals surface area contributed by atoms with Crippen molar-refractivity contribution in [3.63, 3.8) is 0 Å². The van der Waals surface area contributed by atoms with Gasteiger partial charge in [-0.1, -0.05) is 60.2 Å². The third kappa shape index (κ3) is 5.55. The van der Waals surface area contributed by atoms with Gasteiger partial charge in [-0.05, 0) is 19.4 Å². The molecular weight excluding hydrogens is 330 g/mol. The highest BCUT2D eigenvalue weighted by Gasteiger charge is 2.24. The van der Waals surface area contributed by atoms with E-state index in [2.05, 4.69) is 5.32 Å². The zero-order chi connectivity index (χ0) is 18.9. The highest BCUT2D eigenvalue weighted by Crippen LogP contribution is 2.15. The smallest absolute Gasteiger partial charge is 0.333 e. The minimum absolute atomic E-state index is 0.00937. The van der Waals surface area contributed by atoms with Gasteiger partial charge in [-0.25, -0.2) is 4.79 Å². The predicted octanol–water partition coefficient (Wildman–Crippen LogP) is 3.38. The number of nitrogens with one attached hydrogen (secondary N) is 1. The van der Waals surface area contributed by atoms with Crippen molar-refractivity contribution >= 4 is 17.7 Å². The van der Waals surface area contributed by atoms with E-state index in [0.717, 1.165) is 5.56 Å². The molecule has 0 saturated heterocycles. The Bertz CT molecular complexity index is 753. The van der Waals surface area contributed by atoms with Crippen LogP contribution in [0, 0.1) is 6.92 Å². The summed E-state index contributed by atoms with van der Waals surface area (Å²) in [6, 6.07) is 15.2. The molecule has 0 radical (unpaired) electrons. The molecule has 2 rings (SSSR count). The minimum atomic E-state index is -0.877. The third-order valence-corrected chi connectivity index (χ3v) is 3.91. The van der Waals surface area contributed by atoms with Crippen molar-refractivity contribution < 1.29 is 19.1 Å². The lowest BCUT2D eigenvalue weighted by molar-refractivity contribution is -0.147. The first-order valence-electron chi connectivity index (χ1n) is 8.62. The van der Waals surface area contributed by atoms with Crippen LogP contribution in [-0.2, 0) is 14.3 Å². The van der Waals surface area contributed by atoms with Gasteiger partial charge in [0, 0.05) is 18.4 Å². The van der Waals surface area contributed by atoms with Gasteiger partial charge in [0.25, 0.3) is 0 Å². The number of hydrogen-bond donors (Lipinski definition) is 1. The summed E-state index contributed by atoms with van der Waals surface area (Å²) in [7, 11) is 0. The average molecular weight is 353 g/mol. The summed E-state index contributed by atoms with van der Waals surface area (Å²) in [6.07, 6.45) is 0.0919. The molecule has 2 aromatic rings. The number of carbonyl (C=O) groups excluding carboxylic acids is 3. The fraction of sp³-hybridized carbons (Fsp3) is 0.286. The molecule has 1 N–H and O–H groups in total. The Kier molecular flexibility index (Phi) is 7.09. The maximum atomic E-state index is 12.3. The summed E-state index contributed by atoms with van der Waals surface area (Å²) in [4.78, 5) is 36.6. The van der Waals surface area contributed by atoms with Crippen molar-refractivity contribution in [3.8, 4) is 0 Å². The van der Waals surface area contributed by atoms with Crippen LogP contribution in [0.25, 0.3) is 0 Å². The quantitative estimate of drug-likeness (QED) is 0.583. The Labute approximate surface area is 153 Å². The molecule has 0 saturated carbocycles. The van der Waals surface area contributed by atoms with Crippen LogP contribution in [-0.4, -0.2) is 24.3 Å². The topological polar surface area (TPSA) is 72.5 Å². The number of hydrogen-bond acceptors (Lipinski definition) is 4. The van der Waals surface area contributed by atoms with Crippen LogP contribution in [0.1, 0.15) is 47.3 Å². The fourth-order valence-electron chi connectivity index (χ4n) is 2.49. The van der Waals surface area contributed by atoms with Crippen molar-refractivity contribution in [1.82, 2.24) is 5.32 Å². The molecule has 1 unspecified atom stereocenters. The summed E-state index contributed by atoms with van der Waals surface area (Å²) in [5.41, 5.74) is 2.29. The number of carbonyl (C=O) groups is 3. The Hall–Kier alpha value is -2.95. The van der Waals surface area contributed by atoms with Gasteiger partial charge in [0.2, 0.25) is 5.91 Å². The first-order valence-corrected chi connectivity index (χ1v) is 8.62. The lowest BCUT2D eigenvalue weighted by atomic mass is 10.0. The van der Waals surface area contributed by atoms with Gasteiger partial charge >= 0.3 is 5.97 Å². The summed E-state index contributed by atoms with van der Waals surface area (Å²) in [5, 5.41) is 2.67. The number of amides is 1. The van der Waals surface area contributed by atoms with Gasteiger partial charge in [0.05, 0.1) is 6.61 Å². The van der Waals surface area contributed by atoms with Gasteiger partial charge < -0.3 is 10.1 Å². The van der Waals surface area contributed by atoms with Gasteiger partial charge in [0.15, 0.2) is 11.8 Å². The molecule has 5 heteroatoms. The molecule has 26 heavy (non-hydrogen) atoms. The van der Waals surface area contributed by atoms with Crippen molar-refractivity contribution in [1.29, 1.82) is 0 Å². The highest BCUT2D eigenvalue weighted by atomic mass is 16.5. The van der Waals surface area contributed by atoms with Gasteiger partial charge in [-0.3, -0.25) is 9.59 Å². The molecule has 136 valence electrons. The zero-order valence-electron chi connectivity index (χ0n) is 15.0. The molecule has 1 atom stereocenters. The first-order chi connectivity index (χ1) is 12.5. The Morgan fingerprint density at radius 1 is 0.962 bits per heavy atom. The standard InChI is InChI=1S/C21H23NO4/c1-3-26-21(25)20(17-7-5-4-6-8-17)22-19(24)14-13-18(23)16-11-9-15(2)10-12-16/h4-12,20H,3,13-14H2,1-2H3,(H,22,24). The van der Waals surface area contributed by atoms with Crippen LogP contribution >= 0.6 is 0 Å². The van der Waals surface area contributed by atoms with E-state index in [0.29, 0.717) is 11.1 Å². The number of ether oxygens (including phenoxy) is 1. The molecule has 0 fully saturated rings. The minimum Gasteiger partial charge on any atom is -0.464 e. The van der Waals surface area contributed by atoms with Crippen LogP contribution < -0.4 is 5.32 Å². The number of aryl methyl sites for hydroxylation is 1. The Morgan fingerprint density at radius 3 is 2.23 bits per heavy atom. The van der Waals surface area contributed by atoms with Crippen LogP contribution in [0.3, 0.4) is 0 Å². The van der Waals surface area contributed by atoms with Crippen LogP contribution in [0.5, 0.6) is 0 Å². The van der Waals surface area contributed by atoms with E-state index in [1.165, 1.54) is 0 Å². The van der Waals surface area contributed by atoms with Crippen LogP contribution in [0.15, 0.2) is 54.6 Å². The number of ketones is 1. The Morgan fingerprint density at radius 2 is 1.62 bits per heavy atom. The molecule has 2 aromatic carbocycles. The van der Waals surface area contributed by atoms with E-state index in [4.69, 9.17) is 4.74 Å². The molecular formula is C21H23NO4. The summed E-state index contributed by atoms with van der Waals surface area (Å²) < 4.78 is 5.04. The monoisotopic (exact) mass is 353 g/mol. The van der Waals surface area contributed by atoms with Gasteiger partial charge in [-0.15, -0.1) is 0 Å². The van der Waals surface area contributed by atoms with E-state index < -0.39 is 12.0 Å². The zero-order valence-corrected chi connectivity index (χ0v) is 15.0. The van der Waals surface area contributed by atoms with Crippen molar-refractivity contribution in [2.75, 3.05) is 6.61 Å². The summed E-state index contributed by atoms with van der Waals surface area (Å²) >= 11 is 0. The lowest BCUT2D eigenvalue weighted by Crippen LogP contribution is -2.35. The Balaban J connectivity index is 1.97. The molecule has 0 spiro atoms. The summed E-state index contributed by atoms with van der Waals surface area (Å²) in [5.74, 6) is -0.989. The van der Waals surface area contributed by atoms with Crippen LogP contribution in [0.4, 0.5) is 0 Å². The second-order valence-electron chi connectivity index (χ2n) is 5.95. The molecule has 1 amide bonds. The van der Waals surface area contributed by atoms with E-state index in [-0.39, 0.29) is 31.1 Å². The molecule has 0 aromatic heterocycles. The van der Waals surface area contributed by atoms with Crippen molar-refractivity contribution in [3.05, 3.63) is 71.3 Å². The first kappa shape index (κ1) is 19.4. The number of rotatable bonds is 8. The average Bonchev–Trinajstić information content (AvgIpc) is 2.65. The number of benzene rings is 2. The predicted molar refractivity (Wildman–Crippen MR) is 98.7 cm³/mol. The van der Waals surface area contributed by atoms with E-state index in [1.807, 2.05) is 25.1 Å². The molecule has 0 heterocycles. The largest absolute Gasteiger partial charge is 0.464 e. The van der Waals surface area contributed by atoms with Crippen molar-refractivity contribution in [2.45, 2.75) is 32.7 Å². The van der Waals surface area contributed by atoms with E-state index in [1.54, 1.807) is 43.3 Å². The second kappa shape index (κ2) is 9.51. The maximum absolute atomic E-state index is 12.3. The SMILES string of the molecule is CCOC(=O)C(NC(=O)CCC(=O)c1ccc(C)cc1)c1ccccc1. The molecule has 0 aliphatic heterocycles. The molecule has 5 nitrogen and oxygen atoms in total. The van der Waals surface area contributed by atoms with Crippen LogP contribution in [0.2, 0.25) is 0 Å². The van der Waals surface area contributed by atoms with Crippen molar-refractivity contribution in [2.24, 2.45) is 0 Å². The number of esters is 1. The summed E-state index contributed by atoms with van der Waals surface area (Å²) in [6.45, 7) is 3.88. The van der Waals surface area contributed by atoms with E-state index in [9.17, 15) is 14.4 Å². The lowest BCUT2D eigenvalue weighted by Gasteiger charge is -2.17. The fourth-order valence-corrected chi connectivity index (χ4v) is 2.49. The van der Waals surface area contributed by atoms with Gasteiger partial charge in [0.1, 0.15) is 0 Å².